The summed E-state index contributed by atoms with van der Waals surface area (Å²) in [5.41, 5.74) is 1.28. The summed E-state index contributed by atoms with van der Waals surface area (Å²) in [6.45, 7) is 9.52. The lowest BCUT2D eigenvalue weighted by Gasteiger charge is -2.32. The predicted molar refractivity (Wildman–Crippen MR) is 101 cm³/mol. The Morgan fingerprint density at radius 3 is 2.58 bits per heavy atom. The van der Waals surface area contributed by atoms with E-state index in [2.05, 4.69) is 52.2 Å². The second-order valence-corrected chi connectivity index (χ2v) is 6.14. The van der Waals surface area contributed by atoms with Crippen LogP contribution in [0.3, 0.4) is 0 Å². The van der Waals surface area contributed by atoms with E-state index >= 15 is 0 Å². The van der Waals surface area contributed by atoms with Crippen LogP contribution in [-0.4, -0.2) is 62.6 Å². The minimum Gasteiger partial charge on any atom is -0.497 e. The molecule has 0 bridgehead atoms. The van der Waals surface area contributed by atoms with Gasteiger partial charge in [-0.15, -0.1) is 0 Å². The molecule has 1 atom stereocenters. The fourth-order valence-electron chi connectivity index (χ4n) is 3.42. The number of methoxy groups -OCH3 is 1. The molecule has 1 saturated heterocycles. The Labute approximate surface area is 146 Å². The minimum absolute atomic E-state index is 0.300. The fraction of sp³-hybridized carbons (Fsp3) is 0.632. The molecule has 0 saturated carbocycles. The maximum absolute atomic E-state index is 5.41. The van der Waals surface area contributed by atoms with Crippen LogP contribution in [0.25, 0.3) is 0 Å². The van der Waals surface area contributed by atoms with Crippen LogP contribution in [0.1, 0.15) is 38.3 Å². The Morgan fingerprint density at radius 2 is 2.00 bits per heavy atom. The van der Waals surface area contributed by atoms with E-state index in [9.17, 15) is 0 Å². The van der Waals surface area contributed by atoms with Crippen LogP contribution in [0.15, 0.2) is 29.3 Å². The smallest absolute Gasteiger partial charge is 0.193 e. The van der Waals surface area contributed by atoms with Crippen molar-refractivity contribution in [2.75, 3.05) is 46.9 Å². The SMILES string of the molecule is CCN(CC)C(CNC(=NC)N1CCCC1)c1cccc(OC)c1. The molecule has 24 heavy (non-hydrogen) atoms. The Hall–Kier alpha value is -1.75. The highest BCUT2D eigenvalue weighted by molar-refractivity contribution is 5.80. The number of aliphatic imine (C=N–C) groups is 1. The van der Waals surface area contributed by atoms with Crippen molar-refractivity contribution in [1.29, 1.82) is 0 Å². The van der Waals surface area contributed by atoms with Gasteiger partial charge in [-0.25, -0.2) is 0 Å². The third kappa shape index (κ3) is 4.63. The summed E-state index contributed by atoms with van der Waals surface area (Å²) in [5, 5.41) is 3.59. The van der Waals surface area contributed by atoms with Gasteiger partial charge in [0.25, 0.3) is 0 Å². The van der Waals surface area contributed by atoms with Crippen molar-refractivity contribution in [2.24, 2.45) is 4.99 Å². The van der Waals surface area contributed by atoms with E-state index in [0.717, 1.165) is 44.4 Å². The Bertz CT molecular complexity index is 522. The Balaban J connectivity index is 2.13. The zero-order valence-corrected chi connectivity index (χ0v) is 15.6. The van der Waals surface area contributed by atoms with Crippen LogP contribution in [0, 0.1) is 0 Å². The summed E-state index contributed by atoms with van der Waals surface area (Å²) in [7, 11) is 3.59. The highest BCUT2D eigenvalue weighted by atomic mass is 16.5. The quantitative estimate of drug-likeness (QED) is 0.616. The normalized spacial score (nSPS) is 16.5. The van der Waals surface area contributed by atoms with Crippen molar-refractivity contribution in [2.45, 2.75) is 32.7 Å². The van der Waals surface area contributed by atoms with Crippen LogP contribution >= 0.6 is 0 Å². The third-order valence-corrected chi connectivity index (χ3v) is 4.80. The number of hydrogen-bond donors (Lipinski definition) is 1. The van der Waals surface area contributed by atoms with Crippen LogP contribution in [0.5, 0.6) is 5.75 Å². The highest BCUT2D eigenvalue weighted by Crippen LogP contribution is 2.24. The number of hydrogen-bond acceptors (Lipinski definition) is 3. The molecule has 1 fully saturated rings. The number of nitrogens with one attached hydrogen (secondary N) is 1. The lowest BCUT2D eigenvalue weighted by atomic mass is 10.0. The van der Waals surface area contributed by atoms with Crippen LogP contribution in [-0.2, 0) is 0 Å². The largest absolute Gasteiger partial charge is 0.497 e. The summed E-state index contributed by atoms with van der Waals surface area (Å²) in [6.07, 6.45) is 2.52. The zero-order chi connectivity index (χ0) is 17.4. The number of likely N-dealkylation sites (N-methyl/N-ethyl adjacent to an activating group) is 1. The van der Waals surface area contributed by atoms with E-state index in [1.807, 2.05) is 13.1 Å². The topological polar surface area (TPSA) is 40.1 Å². The van der Waals surface area contributed by atoms with Gasteiger partial charge in [-0.3, -0.25) is 9.89 Å². The van der Waals surface area contributed by atoms with E-state index in [4.69, 9.17) is 4.74 Å². The van der Waals surface area contributed by atoms with Crippen molar-refractivity contribution in [1.82, 2.24) is 15.1 Å². The average molecular weight is 332 g/mol. The molecule has 0 aliphatic carbocycles. The lowest BCUT2D eigenvalue weighted by molar-refractivity contribution is 0.217. The number of likely N-dealkylation sites (tertiary alicyclic amines) is 1. The number of guanidine groups is 1. The summed E-state index contributed by atoms with van der Waals surface area (Å²) < 4.78 is 5.41. The minimum atomic E-state index is 0.300. The molecular weight excluding hydrogens is 300 g/mol. The average Bonchev–Trinajstić information content (AvgIpc) is 3.16. The van der Waals surface area contributed by atoms with Gasteiger partial charge in [0.05, 0.1) is 13.2 Å². The van der Waals surface area contributed by atoms with Gasteiger partial charge in [0, 0.05) is 26.7 Å². The van der Waals surface area contributed by atoms with Crippen molar-refractivity contribution in [3.63, 3.8) is 0 Å². The van der Waals surface area contributed by atoms with Crippen LogP contribution in [0.2, 0.25) is 0 Å². The van der Waals surface area contributed by atoms with Gasteiger partial charge in [-0.1, -0.05) is 26.0 Å². The zero-order valence-electron chi connectivity index (χ0n) is 15.6. The van der Waals surface area contributed by atoms with Crippen LogP contribution < -0.4 is 10.1 Å². The molecule has 5 nitrogen and oxygen atoms in total. The predicted octanol–water partition coefficient (Wildman–Crippen LogP) is 2.75. The molecule has 1 unspecified atom stereocenters. The summed E-state index contributed by atoms with van der Waals surface area (Å²) in [6, 6.07) is 8.70. The number of rotatable bonds is 7. The third-order valence-electron chi connectivity index (χ3n) is 4.80. The van der Waals surface area contributed by atoms with E-state index in [-0.39, 0.29) is 0 Å². The van der Waals surface area contributed by atoms with Crippen molar-refractivity contribution in [3.05, 3.63) is 29.8 Å². The first-order valence-corrected chi connectivity index (χ1v) is 9.07. The molecule has 1 aliphatic heterocycles. The highest BCUT2D eigenvalue weighted by Gasteiger charge is 2.21. The molecule has 1 aliphatic rings. The molecule has 134 valence electrons. The van der Waals surface area contributed by atoms with Gasteiger partial charge < -0.3 is 15.0 Å². The second-order valence-electron chi connectivity index (χ2n) is 6.14. The summed E-state index contributed by atoms with van der Waals surface area (Å²) in [5.74, 6) is 1.93. The van der Waals surface area contributed by atoms with Crippen molar-refractivity contribution >= 4 is 5.96 Å². The number of nitrogens with zero attached hydrogens (tertiary/aromatic N) is 3. The van der Waals surface area contributed by atoms with Gasteiger partial charge in [-0.05, 0) is 43.6 Å². The van der Waals surface area contributed by atoms with Crippen LogP contribution in [0.4, 0.5) is 0 Å². The van der Waals surface area contributed by atoms with E-state index in [1.165, 1.54) is 18.4 Å². The molecule has 1 aromatic carbocycles. The van der Waals surface area contributed by atoms with E-state index in [1.54, 1.807) is 7.11 Å². The fourth-order valence-corrected chi connectivity index (χ4v) is 3.42. The standard InChI is InChI=1S/C19H32N4O/c1-5-22(6-2)18(16-10-9-11-17(14-16)24-4)15-21-19(20-3)23-12-7-8-13-23/h9-11,14,18H,5-8,12-13,15H2,1-4H3,(H,20,21). The molecule has 1 aromatic rings. The summed E-state index contributed by atoms with van der Waals surface area (Å²) in [4.78, 5) is 9.29. The second kappa shape index (κ2) is 9.52. The van der Waals surface area contributed by atoms with Gasteiger partial charge in [0.15, 0.2) is 5.96 Å². The maximum atomic E-state index is 5.41. The molecule has 5 heteroatoms. The van der Waals surface area contributed by atoms with E-state index < -0.39 is 0 Å². The molecule has 1 N–H and O–H groups in total. The molecule has 2 rings (SSSR count). The Kier molecular flexibility index (Phi) is 7.37. The molecule has 0 aromatic heterocycles. The summed E-state index contributed by atoms with van der Waals surface area (Å²) >= 11 is 0. The molecule has 0 radical (unpaired) electrons. The molecule has 0 spiro atoms. The molecule has 0 amide bonds. The Morgan fingerprint density at radius 1 is 1.29 bits per heavy atom. The first-order valence-electron chi connectivity index (χ1n) is 9.07. The van der Waals surface area contributed by atoms with Crippen molar-refractivity contribution in [3.8, 4) is 5.75 Å². The molecule has 1 heterocycles. The lowest BCUT2D eigenvalue weighted by Crippen LogP contribution is -2.44. The van der Waals surface area contributed by atoms with Crippen molar-refractivity contribution < 1.29 is 4.74 Å². The van der Waals surface area contributed by atoms with E-state index in [0.29, 0.717) is 6.04 Å². The first kappa shape index (κ1) is 18.6. The maximum Gasteiger partial charge on any atom is 0.193 e. The van der Waals surface area contributed by atoms with Gasteiger partial charge in [0.1, 0.15) is 5.75 Å². The first-order chi connectivity index (χ1) is 11.7. The van der Waals surface area contributed by atoms with Gasteiger partial charge in [-0.2, -0.15) is 0 Å². The number of ether oxygens (including phenoxy) is 1. The van der Waals surface area contributed by atoms with Gasteiger partial charge >= 0.3 is 0 Å². The monoisotopic (exact) mass is 332 g/mol. The van der Waals surface area contributed by atoms with Gasteiger partial charge in [0.2, 0.25) is 0 Å². The number of benzene rings is 1. The molecular formula is C19H32N4O.